The fourth-order valence-corrected chi connectivity index (χ4v) is 7.53. The van der Waals surface area contributed by atoms with Crippen LogP contribution in [0.5, 0.6) is 0 Å². The highest BCUT2D eigenvalue weighted by Gasteiger charge is 2.59. The van der Waals surface area contributed by atoms with E-state index < -0.39 is 0 Å². The van der Waals surface area contributed by atoms with E-state index in [1.165, 1.54) is 43.4 Å². The minimum Gasteiger partial charge on any atom is -0.348 e. The maximum atomic E-state index is 11.9. The molecule has 134 valence electrons. The van der Waals surface area contributed by atoms with E-state index in [1.807, 2.05) is 12.4 Å². The molecular formula is C22H30N2O. The SMILES string of the molecule is C[C@]12CC[C@H]3[C@@H](CCC4=CC(=O)CC[C@@]43C)[C@@H]1CC[C@H]2c1cnc[nH]1. The first-order valence-electron chi connectivity index (χ1n) is 10.2. The third-order valence-electron chi connectivity index (χ3n) is 8.86. The minimum atomic E-state index is 0.296. The van der Waals surface area contributed by atoms with E-state index in [4.69, 9.17) is 0 Å². The molecule has 3 heteroatoms. The topological polar surface area (TPSA) is 45.8 Å². The summed E-state index contributed by atoms with van der Waals surface area (Å²) in [5.41, 5.74) is 3.56. The number of ketones is 1. The molecule has 3 saturated carbocycles. The lowest BCUT2D eigenvalue weighted by Crippen LogP contribution is -2.50. The fraction of sp³-hybridized carbons (Fsp3) is 0.727. The van der Waals surface area contributed by atoms with Gasteiger partial charge in [-0.3, -0.25) is 4.79 Å². The number of aromatic nitrogens is 2. The van der Waals surface area contributed by atoms with Crippen molar-refractivity contribution in [1.29, 1.82) is 0 Å². The van der Waals surface area contributed by atoms with Crippen molar-refractivity contribution in [1.82, 2.24) is 9.97 Å². The molecule has 0 aliphatic heterocycles. The number of imidazole rings is 1. The van der Waals surface area contributed by atoms with Gasteiger partial charge in [0, 0.05) is 24.2 Å². The second-order valence-corrected chi connectivity index (χ2v) is 9.65. The molecular weight excluding hydrogens is 308 g/mol. The zero-order valence-electron chi connectivity index (χ0n) is 15.6. The molecule has 6 atom stereocenters. The van der Waals surface area contributed by atoms with Crippen LogP contribution in [0.3, 0.4) is 0 Å². The van der Waals surface area contributed by atoms with E-state index in [0.717, 1.165) is 37.0 Å². The van der Waals surface area contributed by atoms with Gasteiger partial charge in [0.25, 0.3) is 0 Å². The summed E-state index contributed by atoms with van der Waals surface area (Å²) in [6.45, 7) is 5.04. The summed E-state index contributed by atoms with van der Waals surface area (Å²) in [7, 11) is 0. The van der Waals surface area contributed by atoms with Crippen LogP contribution in [0.2, 0.25) is 0 Å². The van der Waals surface area contributed by atoms with Gasteiger partial charge in [0.2, 0.25) is 0 Å². The molecule has 0 spiro atoms. The summed E-state index contributed by atoms with van der Waals surface area (Å²) in [6.07, 6.45) is 15.6. The predicted octanol–water partition coefficient (Wildman–Crippen LogP) is 5.03. The highest BCUT2D eigenvalue weighted by molar-refractivity contribution is 5.91. The molecule has 1 aromatic rings. The molecule has 0 bridgehead atoms. The van der Waals surface area contributed by atoms with Crippen LogP contribution in [0.15, 0.2) is 24.2 Å². The standard InChI is InChI=1S/C22H30N2O/c1-21-9-7-15(25)11-14(21)3-4-16-17-5-6-19(20-12-23-13-24-20)22(17,2)10-8-18(16)21/h11-13,16-19H,3-10H2,1-2H3,(H,23,24)/t16-,17-,18-,19-,21-,22-/m0/s1. The average Bonchev–Trinajstić information content (AvgIpc) is 3.22. The lowest BCUT2D eigenvalue weighted by atomic mass is 9.47. The summed E-state index contributed by atoms with van der Waals surface area (Å²) < 4.78 is 0. The van der Waals surface area contributed by atoms with Gasteiger partial charge < -0.3 is 4.98 Å². The molecule has 3 fully saturated rings. The molecule has 0 saturated heterocycles. The van der Waals surface area contributed by atoms with Gasteiger partial charge in [0.05, 0.1) is 6.33 Å². The highest BCUT2D eigenvalue weighted by atomic mass is 16.1. The van der Waals surface area contributed by atoms with Crippen LogP contribution in [0.25, 0.3) is 0 Å². The van der Waals surface area contributed by atoms with E-state index >= 15 is 0 Å². The first-order chi connectivity index (χ1) is 12.0. The Hall–Kier alpha value is -1.38. The van der Waals surface area contributed by atoms with Gasteiger partial charge in [-0.05, 0) is 79.6 Å². The molecule has 25 heavy (non-hydrogen) atoms. The van der Waals surface area contributed by atoms with Gasteiger partial charge in [-0.2, -0.15) is 0 Å². The van der Waals surface area contributed by atoms with E-state index in [1.54, 1.807) is 0 Å². The Kier molecular flexibility index (Phi) is 3.37. The molecule has 1 N–H and O–H groups in total. The quantitative estimate of drug-likeness (QED) is 0.781. The second-order valence-electron chi connectivity index (χ2n) is 9.65. The zero-order chi connectivity index (χ0) is 17.2. The third kappa shape index (κ3) is 2.10. The van der Waals surface area contributed by atoms with Crippen LogP contribution in [0.1, 0.15) is 76.8 Å². The Bertz CT molecular complexity index is 720. The number of carbonyl (C=O) groups excluding carboxylic acids is 1. The molecule has 4 aliphatic rings. The van der Waals surface area contributed by atoms with Crippen molar-refractivity contribution >= 4 is 5.78 Å². The molecule has 1 heterocycles. The predicted molar refractivity (Wildman–Crippen MR) is 98.0 cm³/mol. The molecule has 3 nitrogen and oxygen atoms in total. The van der Waals surface area contributed by atoms with E-state index in [9.17, 15) is 4.79 Å². The van der Waals surface area contributed by atoms with Crippen LogP contribution >= 0.6 is 0 Å². The van der Waals surface area contributed by atoms with Crippen molar-refractivity contribution in [2.24, 2.45) is 28.6 Å². The molecule has 0 radical (unpaired) electrons. The van der Waals surface area contributed by atoms with Gasteiger partial charge in [0.1, 0.15) is 0 Å². The van der Waals surface area contributed by atoms with Crippen molar-refractivity contribution in [3.05, 3.63) is 29.9 Å². The van der Waals surface area contributed by atoms with Gasteiger partial charge in [-0.15, -0.1) is 0 Å². The number of hydrogen-bond acceptors (Lipinski definition) is 2. The lowest BCUT2D eigenvalue weighted by Gasteiger charge is -2.58. The number of fused-ring (bicyclic) bond motifs is 5. The maximum Gasteiger partial charge on any atom is 0.155 e. The van der Waals surface area contributed by atoms with Crippen molar-refractivity contribution in [2.45, 2.75) is 71.1 Å². The largest absolute Gasteiger partial charge is 0.348 e. The number of hydrogen-bond donors (Lipinski definition) is 1. The maximum absolute atomic E-state index is 11.9. The van der Waals surface area contributed by atoms with Crippen molar-refractivity contribution in [3.8, 4) is 0 Å². The van der Waals surface area contributed by atoms with Gasteiger partial charge >= 0.3 is 0 Å². The third-order valence-corrected chi connectivity index (χ3v) is 8.86. The van der Waals surface area contributed by atoms with E-state index in [0.29, 0.717) is 22.5 Å². The van der Waals surface area contributed by atoms with Crippen LogP contribution in [-0.4, -0.2) is 15.8 Å². The number of rotatable bonds is 1. The number of nitrogens with zero attached hydrogens (tertiary/aromatic N) is 1. The summed E-state index contributed by atoms with van der Waals surface area (Å²) in [5, 5.41) is 0. The van der Waals surface area contributed by atoms with Gasteiger partial charge in [0.15, 0.2) is 5.78 Å². The smallest absolute Gasteiger partial charge is 0.155 e. The monoisotopic (exact) mass is 338 g/mol. The number of aromatic amines is 1. The summed E-state index contributed by atoms with van der Waals surface area (Å²) in [4.78, 5) is 19.6. The number of nitrogens with one attached hydrogen (secondary N) is 1. The van der Waals surface area contributed by atoms with E-state index in [-0.39, 0.29) is 0 Å². The molecule has 1 aromatic heterocycles. The zero-order valence-corrected chi connectivity index (χ0v) is 15.6. The van der Waals surface area contributed by atoms with Gasteiger partial charge in [-0.25, -0.2) is 4.98 Å². The van der Waals surface area contributed by atoms with Crippen LogP contribution in [0.4, 0.5) is 0 Å². The fourth-order valence-electron chi connectivity index (χ4n) is 7.53. The normalized spacial score (nSPS) is 46.2. The van der Waals surface area contributed by atoms with Crippen molar-refractivity contribution < 1.29 is 4.79 Å². The van der Waals surface area contributed by atoms with Crippen molar-refractivity contribution in [2.75, 3.05) is 0 Å². The van der Waals surface area contributed by atoms with Crippen LogP contribution in [-0.2, 0) is 4.79 Å². The Balaban J connectivity index is 1.48. The van der Waals surface area contributed by atoms with Gasteiger partial charge in [-0.1, -0.05) is 19.4 Å². The molecule has 0 unspecified atom stereocenters. The second kappa shape index (κ2) is 5.31. The van der Waals surface area contributed by atoms with Crippen LogP contribution in [0, 0.1) is 28.6 Å². The first-order valence-corrected chi connectivity index (χ1v) is 10.2. The summed E-state index contributed by atoms with van der Waals surface area (Å²) >= 11 is 0. The molecule has 0 aromatic carbocycles. The van der Waals surface area contributed by atoms with Crippen molar-refractivity contribution in [3.63, 3.8) is 0 Å². The lowest BCUT2D eigenvalue weighted by molar-refractivity contribution is -0.117. The highest BCUT2D eigenvalue weighted by Crippen LogP contribution is 2.68. The number of allylic oxidation sites excluding steroid dienone is 1. The summed E-state index contributed by atoms with van der Waals surface area (Å²) in [5.74, 6) is 3.50. The first kappa shape index (κ1) is 15.8. The molecule has 0 amide bonds. The minimum absolute atomic E-state index is 0.296. The number of carbonyl (C=O) groups is 1. The average molecular weight is 338 g/mol. The Morgan fingerprint density at radius 2 is 1.96 bits per heavy atom. The molecule has 5 rings (SSSR count). The molecule has 4 aliphatic carbocycles. The Morgan fingerprint density at radius 1 is 1.08 bits per heavy atom. The Labute approximate surface area is 150 Å². The summed E-state index contributed by atoms with van der Waals surface area (Å²) in [6, 6.07) is 0. The van der Waals surface area contributed by atoms with Crippen LogP contribution < -0.4 is 0 Å². The number of H-pyrrole nitrogens is 1. The van der Waals surface area contributed by atoms with E-state index in [2.05, 4.69) is 30.0 Å². The Morgan fingerprint density at radius 3 is 2.76 bits per heavy atom.